The van der Waals surface area contributed by atoms with Crippen molar-refractivity contribution in [2.75, 3.05) is 0 Å². The van der Waals surface area contributed by atoms with Gasteiger partial charge in [-0.25, -0.2) is 0 Å². The van der Waals surface area contributed by atoms with E-state index in [1.807, 2.05) is 6.07 Å². The van der Waals surface area contributed by atoms with Crippen molar-refractivity contribution >= 4 is 5.69 Å². The maximum absolute atomic E-state index is 10.7. The van der Waals surface area contributed by atoms with Gasteiger partial charge in [0.15, 0.2) is 0 Å². The minimum absolute atomic E-state index is 0.175. The second-order valence-corrected chi connectivity index (χ2v) is 5.62. The van der Waals surface area contributed by atoms with Crippen molar-refractivity contribution in [3.63, 3.8) is 0 Å². The van der Waals surface area contributed by atoms with E-state index in [1.165, 1.54) is 38.2 Å². The van der Waals surface area contributed by atoms with Gasteiger partial charge < -0.3 is 5.32 Å². The average molecular weight is 262 g/mol. The van der Waals surface area contributed by atoms with Crippen LogP contribution in [-0.4, -0.2) is 11.0 Å². The van der Waals surface area contributed by atoms with Gasteiger partial charge in [-0.05, 0) is 30.7 Å². The van der Waals surface area contributed by atoms with E-state index in [4.69, 9.17) is 0 Å². The third kappa shape index (κ3) is 4.31. The van der Waals surface area contributed by atoms with Crippen LogP contribution < -0.4 is 5.32 Å². The monoisotopic (exact) mass is 262 g/mol. The van der Waals surface area contributed by atoms with Crippen LogP contribution in [-0.2, 0) is 6.54 Å². The molecule has 2 atom stereocenters. The van der Waals surface area contributed by atoms with Crippen LogP contribution in [0.3, 0.4) is 0 Å². The van der Waals surface area contributed by atoms with Gasteiger partial charge in [-0.2, -0.15) is 0 Å². The third-order valence-corrected chi connectivity index (χ3v) is 3.97. The smallest absolute Gasteiger partial charge is 0.269 e. The largest absolute Gasteiger partial charge is 0.310 e. The summed E-state index contributed by atoms with van der Waals surface area (Å²) in [6, 6.07) is 7.46. The van der Waals surface area contributed by atoms with E-state index in [2.05, 4.69) is 12.2 Å². The first-order valence-corrected chi connectivity index (χ1v) is 7.12. The summed E-state index contributed by atoms with van der Waals surface area (Å²) in [6.45, 7) is 3.05. The number of nitrogens with one attached hydrogen (secondary N) is 1. The topological polar surface area (TPSA) is 55.2 Å². The maximum atomic E-state index is 10.7. The Hall–Kier alpha value is -1.42. The highest BCUT2D eigenvalue weighted by Gasteiger charge is 2.15. The SMILES string of the molecule is CC1CCCC(NCc2cccc([N+](=O)[O-])c2)CC1. The number of rotatable bonds is 4. The summed E-state index contributed by atoms with van der Waals surface area (Å²) in [5.74, 6) is 0.838. The number of nitrogens with zero attached hydrogens (tertiary/aromatic N) is 1. The fourth-order valence-electron chi connectivity index (χ4n) is 2.73. The number of benzene rings is 1. The molecule has 0 aliphatic heterocycles. The van der Waals surface area contributed by atoms with Crippen molar-refractivity contribution in [3.8, 4) is 0 Å². The molecule has 4 heteroatoms. The predicted octanol–water partition coefficient (Wildman–Crippen LogP) is 3.65. The Kier molecular flexibility index (Phi) is 4.91. The molecule has 0 saturated heterocycles. The lowest BCUT2D eigenvalue weighted by Gasteiger charge is -2.16. The standard InChI is InChI=1S/C15H22N2O2/c1-12-4-2-6-14(9-8-12)16-11-13-5-3-7-15(10-13)17(18)19/h3,5,7,10,12,14,16H,2,4,6,8-9,11H2,1H3. The summed E-state index contributed by atoms with van der Waals surface area (Å²) in [5, 5.41) is 14.3. The molecule has 1 aliphatic rings. The Balaban J connectivity index is 1.87. The Morgan fingerprint density at radius 2 is 2.16 bits per heavy atom. The lowest BCUT2D eigenvalue weighted by atomic mass is 10.0. The van der Waals surface area contributed by atoms with Crippen LogP contribution in [0.5, 0.6) is 0 Å². The summed E-state index contributed by atoms with van der Waals surface area (Å²) < 4.78 is 0. The van der Waals surface area contributed by atoms with Gasteiger partial charge in [0.2, 0.25) is 0 Å². The second-order valence-electron chi connectivity index (χ2n) is 5.62. The molecule has 0 spiro atoms. The fourth-order valence-corrected chi connectivity index (χ4v) is 2.73. The molecule has 1 N–H and O–H groups in total. The molecule has 2 rings (SSSR count). The first-order valence-electron chi connectivity index (χ1n) is 7.12. The molecule has 1 aromatic carbocycles. The van der Waals surface area contributed by atoms with Gasteiger partial charge in [0.05, 0.1) is 4.92 Å². The average Bonchev–Trinajstić information content (AvgIpc) is 2.61. The molecule has 0 radical (unpaired) electrons. The van der Waals surface area contributed by atoms with Gasteiger partial charge in [-0.1, -0.05) is 31.9 Å². The summed E-state index contributed by atoms with van der Waals surface area (Å²) in [4.78, 5) is 10.4. The molecule has 1 aliphatic carbocycles. The van der Waals surface area contributed by atoms with E-state index < -0.39 is 0 Å². The van der Waals surface area contributed by atoms with Gasteiger partial charge in [-0.3, -0.25) is 10.1 Å². The van der Waals surface area contributed by atoms with Gasteiger partial charge in [0.25, 0.3) is 5.69 Å². The third-order valence-electron chi connectivity index (χ3n) is 3.97. The quantitative estimate of drug-likeness (QED) is 0.512. The van der Waals surface area contributed by atoms with E-state index in [-0.39, 0.29) is 10.6 Å². The zero-order valence-corrected chi connectivity index (χ0v) is 11.5. The molecule has 0 heterocycles. The normalized spacial score (nSPS) is 23.8. The van der Waals surface area contributed by atoms with Crippen molar-refractivity contribution < 1.29 is 4.92 Å². The summed E-state index contributed by atoms with van der Waals surface area (Å²) in [5.41, 5.74) is 1.17. The van der Waals surface area contributed by atoms with Crippen LogP contribution in [0.25, 0.3) is 0 Å². The van der Waals surface area contributed by atoms with Gasteiger partial charge >= 0.3 is 0 Å². The summed E-state index contributed by atoms with van der Waals surface area (Å²) in [6.07, 6.45) is 6.34. The lowest BCUT2D eigenvalue weighted by Crippen LogP contribution is -2.27. The van der Waals surface area contributed by atoms with Crippen LogP contribution in [0, 0.1) is 16.0 Å². The molecule has 1 fully saturated rings. The van der Waals surface area contributed by atoms with Crippen LogP contribution in [0.2, 0.25) is 0 Å². The molecule has 104 valence electrons. The minimum Gasteiger partial charge on any atom is -0.310 e. The molecular weight excluding hydrogens is 240 g/mol. The molecule has 4 nitrogen and oxygen atoms in total. The Morgan fingerprint density at radius 3 is 2.95 bits per heavy atom. The molecule has 0 amide bonds. The molecule has 2 unspecified atom stereocenters. The Morgan fingerprint density at radius 1 is 1.32 bits per heavy atom. The van der Waals surface area contributed by atoms with E-state index >= 15 is 0 Å². The van der Waals surface area contributed by atoms with Crippen molar-refractivity contribution in [3.05, 3.63) is 39.9 Å². The summed E-state index contributed by atoms with van der Waals surface area (Å²) in [7, 11) is 0. The van der Waals surface area contributed by atoms with Crippen LogP contribution in [0.4, 0.5) is 5.69 Å². The van der Waals surface area contributed by atoms with E-state index in [0.29, 0.717) is 6.04 Å². The lowest BCUT2D eigenvalue weighted by molar-refractivity contribution is -0.384. The Bertz CT molecular complexity index is 434. The summed E-state index contributed by atoms with van der Waals surface area (Å²) >= 11 is 0. The number of hydrogen-bond donors (Lipinski definition) is 1. The van der Waals surface area contributed by atoms with E-state index in [0.717, 1.165) is 18.0 Å². The zero-order valence-electron chi connectivity index (χ0n) is 11.5. The molecule has 0 aromatic heterocycles. The highest BCUT2D eigenvalue weighted by molar-refractivity contribution is 5.34. The first-order chi connectivity index (χ1) is 9.15. The van der Waals surface area contributed by atoms with Crippen LogP contribution in [0.15, 0.2) is 24.3 Å². The molecular formula is C15H22N2O2. The number of nitro groups is 1. The highest BCUT2D eigenvalue weighted by atomic mass is 16.6. The number of non-ortho nitro benzene ring substituents is 1. The maximum Gasteiger partial charge on any atom is 0.269 e. The highest BCUT2D eigenvalue weighted by Crippen LogP contribution is 2.23. The van der Waals surface area contributed by atoms with Crippen LogP contribution in [0.1, 0.15) is 44.6 Å². The van der Waals surface area contributed by atoms with Crippen molar-refractivity contribution in [2.24, 2.45) is 5.92 Å². The molecule has 19 heavy (non-hydrogen) atoms. The molecule has 0 bridgehead atoms. The fraction of sp³-hybridized carbons (Fsp3) is 0.600. The van der Waals surface area contributed by atoms with Crippen molar-refractivity contribution in [2.45, 2.75) is 51.6 Å². The Labute approximate surface area is 114 Å². The minimum atomic E-state index is -0.336. The second kappa shape index (κ2) is 6.66. The molecule has 1 aromatic rings. The number of hydrogen-bond acceptors (Lipinski definition) is 3. The van der Waals surface area contributed by atoms with E-state index in [9.17, 15) is 10.1 Å². The molecule has 1 saturated carbocycles. The van der Waals surface area contributed by atoms with Gasteiger partial charge in [-0.15, -0.1) is 0 Å². The zero-order chi connectivity index (χ0) is 13.7. The van der Waals surface area contributed by atoms with Crippen molar-refractivity contribution in [1.82, 2.24) is 5.32 Å². The van der Waals surface area contributed by atoms with Crippen LogP contribution >= 0.6 is 0 Å². The van der Waals surface area contributed by atoms with Gasteiger partial charge in [0, 0.05) is 24.7 Å². The van der Waals surface area contributed by atoms with Crippen molar-refractivity contribution in [1.29, 1.82) is 0 Å². The number of nitro benzene ring substituents is 1. The first kappa shape index (κ1) is 14.0. The van der Waals surface area contributed by atoms with E-state index in [1.54, 1.807) is 12.1 Å². The van der Waals surface area contributed by atoms with Gasteiger partial charge in [0.1, 0.15) is 0 Å². The predicted molar refractivity (Wildman–Crippen MR) is 76.0 cm³/mol.